The van der Waals surface area contributed by atoms with Crippen molar-refractivity contribution in [2.45, 2.75) is 17.2 Å². The Morgan fingerprint density at radius 3 is 2.19 bits per heavy atom. The van der Waals surface area contributed by atoms with E-state index in [0.717, 1.165) is 0 Å². The normalized spacial score (nSPS) is 12.8. The summed E-state index contributed by atoms with van der Waals surface area (Å²) in [6.07, 6.45) is -7.39. The molecule has 0 radical (unpaired) electrons. The van der Waals surface area contributed by atoms with Crippen LogP contribution in [0, 0.1) is 0 Å². The van der Waals surface area contributed by atoms with Gasteiger partial charge in [-0.15, -0.1) is 0 Å². The van der Waals surface area contributed by atoms with E-state index in [4.69, 9.17) is 25.8 Å². The number of nitrogens with one attached hydrogen (secondary N) is 1. The van der Waals surface area contributed by atoms with E-state index >= 15 is 0 Å². The highest BCUT2D eigenvalue weighted by Gasteiger charge is 2.44. The van der Waals surface area contributed by atoms with E-state index in [1.807, 2.05) is 0 Å². The number of anilines is 1. The van der Waals surface area contributed by atoms with Crippen LogP contribution in [0.4, 0.5) is 19.0 Å². The number of sulfonamides is 1. The van der Waals surface area contributed by atoms with Gasteiger partial charge in [0, 0.05) is 12.7 Å². The first-order valence-corrected chi connectivity index (χ1v) is 12.4. The molecule has 37 heavy (non-hydrogen) atoms. The average molecular weight is 554 g/mol. The van der Waals surface area contributed by atoms with Crippen LogP contribution in [0.3, 0.4) is 0 Å². The van der Waals surface area contributed by atoms with Crippen LogP contribution >= 0.6 is 11.6 Å². The molecule has 0 saturated heterocycles. The molecule has 0 saturated carbocycles. The maximum Gasteiger partial charge on any atom is 0.429 e. The van der Waals surface area contributed by atoms with Gasteiger partial charge in [-0.3, -0.25) is 4.72 Å². The van der Waals surface area contributed by atoms with Gasteiger partial charge >= 0.3 is 6.18 Å². The maximum absolute atomic E-state index is 14.1. The van der Waals surface area contributed by atoms with Crippen LogP contribution in [-0.2, 0) is 14.8 Å². The minimum Gasteiger partial charge on any atom is -0.468 e. The van der Waals surface area contributed by atoms with E-state index in [-0.39, 0.29) is 39.1 Å². The Balaban J connectivity index is 1.76. The lowest BCUT2D eigenvalue weighted by molar-refractivity contribution is -0.198. The quantitative estimate of drug-likeness (QED) is 0.263. The number of ether oxygens (including phenoxy) is 3. The Labute approximate surface area is 215 Å². The van der Waals surface area contributed by atoms with Gasteiger partial charge in [-0.25, -0.2) is 18.4 Å². The Kier molecular flexibility index (Phi) is 7.71. The molecule has 0 aliphatic rings. The third kappa shape index (κ3) is 6.21. The van der Waals surface area contributed by atoms with E-state index in [0.29, 0.717) is 0 Å². The van der Waals surface area contributed by atoms with Crippen molar-refractivity contribution in [3.05, 3.63) is 83.4 Å². The Morgan fingerprint density at radius 2 is 1.57 bits per heavy atom. The van der Waals surface area contributed by atoms with E-state index in [2.05, 4.69) is 14.7 Å². The third-order valence-corrected chi connectivity index (χ3v) is 6.79. The van der Waals surface area contributed by atoms with E-state index < -0.39 is 34.0 Å². The molecule has 1 atom stereocenters. The summed E-state index contributed by atoms with van der Waals surface area (Å²) in [4.78, 5) is 8.00. The zero-order valence-corrected chi connectivity index (χ0v) is 20.6. The van der Waals surface area contributed by atoms with Crippen molar-refractivity contribution >= 4 is 38.5 Å². The monoisotopic (exact) mass is 553 g/mol. The Morgan fingerprint density at radius 1 is 0.946 bits per heavy atom. The van der Waals surface area contributed by atoms with Gasteiger partial charge in [0.2, 0.25) is 11.9 Å². The highest BCUT2D eigenvalue weighted by Crippen LogP contribution is 2.39. The minimum atomic E-state index is -4.89. The smallest absolute Gasteiger partial charge is 0.429 e. The summed E-state index contributed by atoms with van der Waals surface area (Å²) >= 11 is 6.03. The molecular weight excluding hydrogens is 535 g/mol. The first-order valence-electron chi connectivity index (χ1n) is 10.6. The molecule has 0 amide bonds. The second-order valence-electron chi connectivity index (χ2n) is 7.56. The fraction of sp³-hybridized carbons (Fsp3) is 0.167. The Bertz CT molecular complexity index is 1500. The average Bonchev–Trinajstić information content (AvgIpc) is 2.86. The molecule has 8 nitrogen and oxygen atoms in total. The largest absolute Gasteiger partial charge is 0.468 e. The molecule has 13 heteroatoms. The summed E-state index contributed by atoms with van der Waals surface area (Å²) < 4.78 is 85.9. The molecular formula is C24H19ClF3N3O5S. The molecule has 194 valence electrons. The maximum atomic E-state index is 14.1. The van der Waals surface area contributed by atoms with Crippen molar-refractivity contribution in [3.63, 3.8) is 0 Å². The SMILES string of the molecule is COCOc1ccc(C(Oc2nc3ccccc3nc2NS(=O)(=O)c2ccccc2Cl)C(F)(F)F)cc1. The minimum absolute atomic E-state index is 0.0832. The van der Waals surface area contributed by atoms with Gasteiger partial charge in [-0.2, -0.15) is 13.2 Å². The van der Waals surface area contributed by atoms with Crippen LogP contribution in [0.2, 0.25) is 5.02 Å². The van der Waals surface area contributed by atoms with Crippen LogP contribution in [0.5, 0.6) is 11.6 Å². The molecule has 0 bridgehead atoms. The van der Waals surface area contributed by atoms with E-state index in [1.54, 1.807) is 12.1 Å². The lowest BCUT2D eigenvalue weighted by Crippen LogP contribution is -2.27. The molecule has 1 unspecified atom stereocenters. The fourth-order valence-corrected chi connectivity index (χ4v) is 4.80. The number of nitrogens with zero attached hydrogens (tertiary/aromatic N) is 2. The summed E-state index contributed by atoms with van der Waals surface area (Å²) in [5, 5.41) is -0.0878. The number of hydrogen-bond acceptors (Lipinski definition) is 7. The molecule has 3 aromatic carbocycles. The van der Waals surface area contributed by atoms with Crippen LogP contribution < -0.4 is 14.2 Å². The summed E-state index contributed by atoms with van der Waals surface area (Å²) in [5.41, 5.74) is 0.157. The fourth-order valence-electron chi connectivity index (χ4n) is 3.28. The van der Waals surface area contributed by atoms with Gasteiger partial charge in [0.25, 0.3) is 15.9 Å². The molecule has 1 heterocycles. The predicted molar refractivity (Wildman–Crippen MR) is 130 cm³/mol. The highest BCUT2D eigenvalue weighted by molar-refractivity contribution is 7.92. The van der Waals surface area contributed by atoms with Crippen molar-refractivity contribution in [2.24, 2.45) is 0 Å². The van der Waals surface area contributed by atoms with Crippen LogP contribution in [-0.4, -0.2) is 38.5 Å². The van der Waals surface area contributed by atoms with Gasteiger partial charge < -0.3 is 14.2 Å². The molecule has 4 rings (SSSR count). The molecule has 0 aliphatic heterocycles. The summed E-state index contributed by atoms with van der Waals surface area (Å²) in [5.74, 6) is -0.922. The number of fused-ring (bicyclic) bond motifs is 1. The predicted octanol–water partition coefficient (Wildman–Crippen LogP) is 5.75. The second-order valence-corrected chi connectivity index (χ2v) is 9.62. The summed E-state index contributed by atoms with van der Waals surface area (Å²) in [6, 6.07) is 16.8. The molecule has 0 spiro atoms. The van der Waals surface area contributed by atoms with Gasteiger partial charge in [-0.1, -0.05) is 48.0 Å². The van der Waals surface area contributed by atoms with Gasteiger partial charge in [0.1, 0.15) is 10.6 Å². The van der Waals surface area contributed by atoms with Crippen LogP contribution in [0.25, 0.3) is 11.0 Å². The first kappa shape index (κ1) is 26.5. The van der Waals surface area contributed by atoms with Crippen LogP contribution in [0.1, 0.15) is 11.7 Å². The summed E-state index contributed by atoms with van der Waals surface area (Å²) in [6.45, 7) is -0.0832. The number of methoxy groups -OCH3 is 1. The molecule has 0 fully saturated rings. The number of rotatable bonds is 9. The zero-order chi connectivity index (χ0) is 26.6. The number of halogens is 4. The number of para-hydroxylation sites is 2. The van der Waals surface area contributed by atoms with Gasteiger partial charge in [0.15, 0.2) is 6.79 Å². The molecule has 4 aromatic rings. The lowest BCUT2D eigenvalue weighted by Gasteiger charge is -2.23. The van der Waals surface area contributed by atoms with Crippen molar-refractivity contribution in [1.29, 1.82) is 0 Å². The number of benzene rings is 3. The Hall–Kier alpha value is -3.61. The van der Waals surface area contributed by atoms with E-state index in [1.165, 1.54) is 67.8 Å². The zero-order valence-electron chi connectivity index (χ0n) is 19.1. The molecule has 1 aromatic heterocycles. The molecule has 0 aliphatic carbocycles. The first-order chi connectivity index (χ1) is 17.6. The van der Waals surface area contributed by atoms with Crippen molar-refractivity contribution in [3.8, 4) is 11.6 Å². The number of alkyl halides is 3. The van der Waals surface area contributed by atoms with Crippen molar-refractivity contribution < 1.29 is 35.8 Å². The summed E-state index contributed by atoms with van der Waals surface area (Å²) in [7, 11) is -2.95. The molecule has 1 N–H and O–H groups in total. The lowest BCUT2D eigenvalue weighted by atomic mass is 10.1. The number of aromatic nitrogens is 2. The van der Waals surface area contributed by atoms with Gasteiger partial charge in [0.05, 0.1) is 16.1 Å². The van der Waals surface area contributed by atoms with Crippen molar-refractivity contribution in [1.82, 2.24) is 9.97 Å². The number of hydrogen-bond donors (Lipinski definition) is 1. The highest BCUT2D eigenvalue weighted by atomic mass is 35.5. The van der Waals surface area contributed by atoms with Gasteiger partial charge in [-0.05, 0) is 36.4 Å². The topological polar surface area (TPSA) is 99.6 Å². The second kappa shape index (κ2) is 10.8. The third-order valence-electron chi connectivity index (χ3n) is 4.95. The van der Waals surface area contributed by atoms with E-state index in [9.17, 15) is 21.6 Å². The van der Waals surface area contributed by atoms with Crippen molar-refractivity contribution in [2.75, 3.05) is 18.6 Å². The van der Waals surface area contributed by atoms with Crippen LogP contribution in [0.15, 0.2) is 77.7 Å². The standard InChI is InChI=1S/C24H19ClF3N3O5S/c1-34-14-35-16-12-10-15(11-13-16)21(24(26,27)28)36-23-22(29-18-7-3-4-8-19(18)30-23)31-37(32,33)20-9-5-2-6-17(20)25/h2-13,21H,14H2,1H3,(H,29,31).